The van der Waals surface area contributed by atoms with E-state index in [9.17, 15) is 0 Å². The topological polar surface area (TPSA) is 34.1 Å². The zero-order valence-electron chi connectivity index (χ0n) is 12.7. The number of pyridine rings is 1. The lowest BCUT2D eigenvalue weighted by Gasteiger charge is -2.17. The van der Waals surface area contributed by atoms with Gasteiger partial charge in [0.25, 0.3) is 0 Å². The molecule has 0 fully saturated rings. The van der Waals surface area contributed by atoms with Crippen LogP contribution in [0, 0.1) is 6.92 Å². The Hall–Kier alpha value is -1.55. The Morgan fingerprint density at radius 2 is 1.90 bits per heavy atom. The molecule has 21 heavy (non-hydrogen) atoms. The number of hydrogen-bond acceptors (Lipinski definition) is 3. The summed E-state index contributed by atoms with van der Waals surface area (Å²) in [6.07, 6.45) is 1.02. The van der Waals surface area contributed by atoms with Crippen molar-refractivity contribution < 1.29 is 4.74 Å². The first kappa shape index (κ1) is 15.8. The van der Waals surface area contributed by atoms with Crippen molar-refractivity contribution in [2.24, 2.45) is 0 Å². The zero-order chi connectivity index (χ0) is 15.2. The Morgan fingerprint density at radius 1 is 1.19 bits per heavy atom. The standard InChI is InChI=1S/C17H21BrN2O/c1-4-11-21-15-7-5-14(6-8-15)12(2)19-16-9-10-17(18)20-13(16)3/h5-10,12,19H,4,11H2,1-3H3. The van der Waals surface area contributed by atoms with Crippen LogP contribution in [0.25, 0.3) is 0 Å². The molecule has 3 nitrogen and oxygen atoms in total. The second kappa shape index (κ2) is 7.46. The summed E-state index contributed by atoms with van der Waals surface area (Å²) in [5, 5.41) is 3.49. The molecular formula is C17H21BrN2O. The van der Waals surface area contributed by atoms with Crippen LogP contribution in [0.15, 0.2) is 41.0 Å². The van der Waals surface area contributed by atoms with Crippen molar-refractivity contribution in [2.75, 3.05) is 11.9 Å². The predicted molar refractivity (Wildman–Crippen MR) is 90.9 cm³/mol. The third-order valence-corrected chi connectivity index (χ3v) is 3.72. The van der Waals surface area contributed by atoms with Gasteiger partial charge in [-0.2, -0.15) is 0 Å². The number of anilines is 1. The van der Waals surface area contributed by atoms with E-state index in [1.54, 1.807) is 0 Å². The number of rotatable bonds is 6. The monoisotopic (exact) mass is 348 g/mol. The first-order chi connectivity index (χ1) is 10.1. The van der Waals surface area contributed by atoms with E-state index in [1.165, 1.54) is 5.56 Å². The molecule has 0 aliphatic rings. The molecule has 1 heterocycles. The highest BCUT2D eigenvalue weighted by Crippen LogP contribution is 2.24. The highest BCUT2D eigenvalue weighted by molar-refractivity contribution is 9.10. The van der Waals surface area contributed by atoms with Crippen molar-refractivity contribution >= 4 is 21.6 Å². The molecule has 0 saturated carbocycles. The minimum atomic E-state index is 0.215. The van der Waals surface area contributed by atoms with E-state index in [-0.39, 0.29) is 6.04 Å². The molecule has 1 aromatic heterocycles. The lowest BCUT2D eigenvalue weighted by Crippen LogP contribution is -2.08. The van der Waals surface area contributed by atoms with Crippen LogP contribution in [0.3, 0.4) is 0 Å². The highest BCUT2D eigenvalue weighted by atomic mass is 79.9. The second-order valence-electron chi connectivity index (χ2n) is 5.05. The molecule has 1 atom stereocenters. The van der Waals surface area contributed by atoms with Crippen LogP contribution < -0.4 is 10.1 Å². The lowest BCUT2D eigenvalue weighted by molar-refractivity contribution is 0.317. The van der Waals surface area contributed by atoms with Crippen LogP contribution in [-0.4, -0.2) is 11.6 Å². The largest absolute Gasteiger partial charge is 0.494 e. The molecular weight excluding hydrogens is 328 g/mol. The van der Waals surface area contributed by atoms with Crippen LogP contribution >= 0.6 is 15.9 Å². The molecule has 4 heteroatoms. The van der Waals surface area contributed by atoms with Crippen molar-refractivity contribution in [1.82, 2.24) is 4.98 Å². The van der Waals surface area contributed by atoms with Crippen molar-refractivity contribution in [3.8, 4) is 5.75 Å². The van der Waals surface area contributed by atoms with Gasteiger partial charge in [-0.3, -0.25) is 0 Å². The Labute approximate surface area is 134 Å². The summed E-state index contributed by atoms with van der Waals surface area (Å²) in [5.41, 5.74) is 3.26. The Morgan fingerprint density at radius 3 is 2.52 bits per heavy atom. The van der Waals surface area contributed by atoms with E-state index in [2.05, 4.69) is 52.2 Å². The van der Waals surface area contributed by atoms with Crippen molar-refractivity contribution in [3.63, 3.8) is 0 Å². The third-order valence-electron chi connectivity index (χ3n) is 3.28. The molecule has 112 valence electrons. The van der Waals surface area contributed by atoms with Gasteiger partial charge in [-0.15, -0.1) is 0 Å². The number of benzene rings is 1. The van der Waals surface area contributed by atoms with Crippen molar-refractivity contribution in [3.05, 3.63) is 52.3 Å². The van der Waals surface area contributed by atoms with Gasteiger partial charge in [-0.05, 0) is 66.0 Å². The van der Waals surface area contributed by atoms with Crippen LogP contribution in [-0.2, 0) is 0 Å². The summed E-state index contributed by atoms with van der Waals surface area (Å²) >= 11 is 3.38. The summed E-state index contributed by atoms with van der Waals surface area (Å²) in [5.74, 6) is 0.925. The van der Waals surface area contributed by atoms with Gasteiger partial charge in [0, 0.05) is 6.04 Å². The van der Waals surface area contributed by atoms with Crippen LogP contribution in [0.2, 0.25) is 0 Å². The summed E-state index contributed by atoms with van der Waals surface area (Å²) in [6, 6.07) is 12.5. The van der Waals surface area contributed by atoms with Gasteiger partial charge in [-0.25, -0.2) is 4.98 Å². The van der Waals surface area contributed by atoms with Gasteiger partial charge in [0.15, 0.2) is 0 Å². The van der Waals surface area contributed by atoms with Gasteiger partial charge < -0.3 is 10.1 Å². The lowest BCUT2D eigenvalue weighted by atomic mass is 10.1. The van der Waals surface area contributed by atoms with Crippen LogP contribution in [0.1, 0.15) is 37.6 Å². The SMILES string of the molecule is CCCOc1ccc(C(C)Nc2ccc(Br)nc2C)cc1. The number of ether oxygens (including phenoxy) is 1. The van der Waals surface area contributed by atoms with Gasteiger partial charge in [-0.1, -0.05) is 19.1 Å². The zero-order valence-corrected chi connectivity index (χ0v) is 14.3. The maximum atomic E-state index is 5.60. The molecule has 1 aromatic carbocycles. The smallest absolute Gasteiger partial charge is 0.119 e. The van der Waals surface area contributed by atoms with E-state index in [1.807, 2.05) is 31.2 Å². The predicted octanol–water partition coefficient (Wildman–Crippen LogP) is 5.11. The maximum absolute atomic E-state index is 5.60. The molecule has 1 unspecified atom stereocenters. The van der Waals surface area contributed by atoms with Crippen molar-refractivity contribution in [2.45, 2.75) is 33.2 Å². The third kappa shape index (κ3) is 4.46. The number of aryl methyl sites for hydroxylation is 1. The molecule has 2 rings (SSSR count). The average molecular weight is 349 g/mol. The molecule has 0 aliphatic heterocycles. The van der Waals surface area contributed by atoms with Gasteiger partial charge in [0.05, 0.1) is 18.0 Å². The van der Waals surface area contributed by atoms with Gasteiger partial charge >= 0.3 is 0 Å². The average Bonchev–Trinajstić information content (AvgIpc) is 2.48. The first-order valence-corrected chi connectivity index (χ1v) is 8.02. The number of nitrogens with zero attached hydrogens (tertiary/aromatic N) is 1. The van der Waals surface area contributed by atoms with E-state index in [4.69, 9.17) is 4.74 Å². The molecule has 0 radical (unpaired) electrons. The summed E-state index contributed by atoms with van der Waals surface area (Å²) in [6.45, 7) is 7.01. The highest BCUT2D eigenvalue weighted by Gasteiger charge is 2.08. The summed E-state index contributed by atoms with van der Waals surface area (Å²) < 4.78 is 6.46. The number of aromatic nitrogens is 1. The number of halogens is 1. The van der Waals surface area contributed by atoms with Gasteiger partial charge in [0.1, 0.15) is 10.4 Å². The fourth-order valence-electron chi connectivity index (χ4n) is 2.07. The summed E-state index contributed by atoms with van der Waals surface area (Å²) in [7, 11) is 0. The maximum Gasteiger partial charge on any atom is 0.119 e. The minimum absolute atomic E-state index is 0.215. The van der Waals surface area contributed by atoms with Gasteiger partial charge in [0.2, 0.25) is 0 Å². The van der Waals surface area contributed by atoms with E-state index >= 15 is 0 Å². The van der Waals surface area contributed by atoms with E-state index in [0.29, 0.717) is 0 Å². The Bertz CT molecular complexity index is 584. The minimum Gasteiger partial charge on any atom is -0.494 e. The first-order valence-electron chi connectivity index (χ1n) is 7.22. The molecule has 0 amide bonds. The second-order valence-corrected chi connectivity index (χ2v) is 5.86. The molecule has 1 N–H and O–H groups in total. The molecule has 0 saturated heterocycles. The fourth-order valence-corrected chi connectivity index (χ4v) is 2.47. The number of nitrogens with one attached hydrogen (secondary N) is 1. The normalized spacial score (nSPS) is 12.0. The van der Waals surface area contributed by atoms with Crippen LogP contribution in [0.5, 0.6) is 5.75 Å². The summed E-state index contributed by atoms with van der Waals surface area (Å²) in [4.78, 5) is 4.40. The number of hydrogen-bond donors (Lipinski definition) is 1. The Kier molecular flexibility index (Phi) is 5.62. The quantitative estimate of drug-likeness (QED) is 0.736. The molecule has 0 spiro atoms. The molecule has 0 bridgehead atoms. The van der Waals surface area contributed by atoms with Crippen LogP contribution in [0.4, 0.5) is 5.69 Å². The van der Waals surface area contributed by atoms with E-state index < -0.39 is 0 Å². The van der Waals surface area contributed by atoms with Crippen molar-refractivity contribution in [1.29, 1.82) is 0 Å². The molecule has 2 aromatic rings. The van der Waals surface area contributed by atoms with E-state index in [0.717, 1.165) is 34.8 Å². The fraction of sp³-hybridized carbons (Fsp3) is 0.353. The Balaban J connectivity index is 2.04. The molecule has 0 aliphatic carbocycles.